The Morgan fingerprint density at radius 2 is 1.74 bits per heavy atom. The molecule has 0 aromatic heterocycles. The van der Waals surface area contributed by atoms with Crippen LogP contribution >= 0.6 is 0 Å². The van der Waals surface area contributed by atoms with E-state index < -0.39 is 12.0 Å². The molecule has 0 heterocycles. The molecular formula is C14H20N2O3. The first-order valence-electron chi connectivity index (χ1n) is 6.11. The molecule has 19 heavy (non-hydrogen) atoms. The number of carbonyl (C=O) groups is 2. The number of benzene rings is 1. The molecule has 0 unspecified atom stereocenters. The first-order valence-corrected chi connectivity index (χ1v) is 6.11. The number of rotatable bonds is 4. The lowest BCUT2D eigenvalue weighted by atomic mass is 9.87. The molecule has 104 valence electrons. The minimum atomic E-state index is -0.961. The molecule has 0 aliphatic heterocycles. The highest BCUT2D eigenvalue weighted by molar-refractivity contribution is 5.91. The van der Waals surface area contributed by atoms with Gasteiger partial charge in [0.25, 0.3) is 0 Å². The van der Waals surface area contributed by atoms with Crippen LogP contribution in [-0.2, 0) is 10.2 Å². The predicted octanol–water partition coefficient (Wildman–Crippen LogP) is 2.34. The van der Waals surface area contributed by atoms with Gasteiger partial charge in [0.15, 0.2) is 0 Å². The Kier molecular flexibility index (Phi) is 4.53. The van der Waals surface area contributed by atoms with Gasteiger partial charge in [0, 0.05) is 12.2 Å². The molecule has 3 N–H and O–H groups in total. The second-order valence-electron chi connectivity index (χ2n) is 5.43. The van der Waals surface area contributed by atoms with Gasteiger partial charge in [0.05, 0.1) is 6.42 Å². The van der Waals surface area contributed by atoms with Crippen molar-refractivity contribution in [2.24, 2.45) is 5.73 Å². The molecule has 5 heteroatoms. The van der Waals surface area contributed by atoms with Gasteiger partial charge in [-0.3, -0.25) is 9.69 Å². The number of nitrogens with two attached hydrogens (primary N) is 1. The summed E-state index contributed by atoms with van der Waals surface area (Å²) in [5.74, 6) is -0.961. The van der Waals surface area contributed by atoms with Crippen molar-refractivity contribution in [1.82, 2.24) is 0 Å². The Bertz CT molecular complexity index is 461. The van der Waals surface area contributed by atoms with Crippen LogP contribution in [0.5, 0.6) is 0 Å². The number of anilines is 1. The minimum absolute atomic E-state index is 0.0249. The van der Waals surface area contributed by atoms with Crippen molar-refractivity contribution in [3.63, 3.8) is 0 Å². The monoisotopic (exact) mass is 264 g/mol. The van der Waals surface area contributed by atoms with Gasteiger partial charge in [-0.05, 0) is 23.1 Å². The highest BCUT2D eigenvalue weighted by Crippen LogP contribution is 2.25. The zero-order valence-corrected chi connectivity index (χ0v) is 11.5. The van der Waals surface area contributed by atoms with Crippen LogP contribution in [0.15, 0.2) is 24.3 Å². The van der Waals surface area contributed by atoms with Crippen molar-refractivity contribution in [1.29, 1.82) is 0 Å². The van der Waals surface area contributed by atoms with E-state index in [-0.39, 0.29) is 18.4 Å². The van der Waals surface area contributed by atoms with Crippen molar-refractivity contribution < 1.29 is 14.7 Å². The zero-order chi connectivity index (χ0) is 14.6. The van der Waals surface area contributed by atoms with Crippen LogP contribution in [0.2, 0.25) is 0 Å². The fourth-order valence-corrected chi connectivity index (χ4v) is 1.72. The maximum Gasteiger partial charge on any atom is 0.319 e. The van der Waals surface area contributed by atoms with Gasteiger partial charge in [-0.25, -0.2) is 4.79 Å². The van der Waals surface area contributed by atoms with E-state index in [4.69, 9.17) is 10.8 Å². The third-order valence-corrected chi connectivity index (χ3v) is 2.86. The summed E-state index contributed by atoms with van der Waals surface area (Å²) < 4.78 is 0. The molecule has 0 saturated carbocycles. The van der Waals surface area contributed by atoms with Gasteiger partial charge in [-0.1, -0.05) is 32.9 Å². The van der Waals surface area contributed by atoms with E-state index in [9.17, 15) is 9.59 Å². The number of amides is 2. The fraction of sp³-hybridized carbons (Fsp3) is 0.429. The second-order valence-corrected chi connectivity index (χ2v) is 5.43. The van der Waals surface area contributed by atoms with Crippen LogP contribution < -0.4 is 10.6 Å². The number of carboxylic acids is 1. The van der Waals surface area contributed by atoms with Crippen molar-refractivity contribution in [2.75, 3.05) is 11.4 Å². The van der Waals surface area contributed by atoms with Crippen LogP contribution in [0, 0.1) is 0 Å². The van der Waals surface area contributed by atoms with E-state index in [1.165, 1.54) is 4.90 Å². The van der Waals surface area contributed by atoms with Gasteiger partial charge >= 0.3 is 12.0 Å². The minimum Gasteiger partial charge on any atom is -0.481 e. The van der Waals surface area contributed by atoms with Gasteiger partial charge < -0.3 is 10.8 Å². The Hall–Kier alpha value is -2.04. The highest BCUT2D eigenvalue weighted by Gasteiger charge is 2.16. The summed E-state index contributed by atoms with van der Waals surface area (Å²) in [6.07, 6.45) is -0.135. The summed E-state index contributed by atoms with van der Waals surface area (Å²) in [4.78, 5) is 23.2. The summed E-state index contributed by atoms with van der Waals surface area (Å²) in [6, 6.07) is 6.77. The first kappa shape index (κ1) is 15.0. The summed E-state index contributed by atoms with van der Waals surface area (Å²) in [5.41, 5.74) is 7.05. The van der Waals surface area contributed by atoms with Crippen molar-refractivity contribution in [3.05, 3.63) is 29.8 Å². The molecule has 2 amide bonds. The Morgan fingerprint density at radius 3 is 2.11 bits per heavy atom. The lowest BCUT2D eigenvalue weighted by Crippen LogP contribution is -2.37. The molecule has 0 fully saturated rings. The van der Waals surface area contributed by atoms with Gasteiger partial charge in [0.2, 0.25) is 0 Å². The number of aliphatic carboxylic acids is 1. The molecule has 0 radical (unpaired) electrons. The summed E-state index contributed by atoms with van der Waals surface area (Å²) >= 11 is 0. The van der Waals surface area contributed by atoms with E-state index in [2.05, 4.69) is 20.8 Å². The number of urea groups is 1. The molecule has 0 atom stereocenters. The largest absolute Gasteiger partial charge is 0.481 e. The van der Waals surface area contributed by atoms with Crippen LogP contribution in [0.4, 0.5) is 10.5 Å². The smallest absolute Gasteiger partial charge is 0.319 e. The molecule has 0 aliphatic rings. The van der Waals surface area contributed by atoms with E-state index in [1.807, 2.05) is 12.1 Å². The molecule has 0 saturated heterocycles. The number of hydrogen-bond acceptors (Lipinski definition) is 2. The number of carboxylic acid groups (broad SMARTS) is 1. The third-order valence-electron chi connectivity index (χ3n) is 2.86. The molecule has 1 aromatic rings. The number of nitrogens with zero attached hydrogens (tertiary/aromatic N) is 1. The number of hydrogen-bond donors (Lipinski definition) is 2. The standard InChI is InChI=1S/C14H20N2O3/c1-14(2,3)10-4-6-11(7-5-10)16(13(15)19)9-8-12(17)18/h4-7H,8-9H2,1-3H3,(H2,15,19)(H,17,18). The molecule has 1 rings (SSSR count). The first-order chi connectivity index (χ1) is 8.71. The van der Waals surface area contributed by atoms with Crippen LogP contribution in [0.1, 0.15) is 32.8 Å². The van der Waals surface area contributed by atoms with Crippen molar-refractivity contribution >= 4 is 17.7 Å². The quantitative estimate of drug-likeness (QED) is 0.875. The average molecular weight is 264 g/mol. The third kappa shape index (κ3) is 4.28. The van der Waals surface area contributed by atoms with Crippen LogP contribution in [-0.4, -0.2) is 23.7 Å². The average Bonchev–Trinajstić information content (AvgIpc) is 2.27. The van der Waals surface area contributed by atoms with Crippen molar-refractivity contribution in [3.8, 4) is 0 Å². The Morgan fingerprint density at radius 1 is 1.21 bits per heavy atom. The number of carbonyl (C=O) groups excluding carboxylic acids is 1. The van der Waals surface area contributed by atoms with Crippen LogP contribution in [0.25, 0.3) is 0 Å². The molecule has 0 spiro atoms. The van der Waals surface area contributed by atoms with E-state index in [0.29, 0.717) is 5.69 Å². The van der Waals surface area contributed by atoms with E-state index in [1.54, 1.807) is 12.1 Å². The van der Waals surface area contributed by atoms with Gasteiger partial charge in [-0.15, -0.1) is 0 Å². The Balaban J connectivity index is 2.92. The zero-order valence-electron chi connectivity index (χ0n) is 11.5. The summed E-state index contributed by atoms with van der Waals surface area (Å²) in [5, 5.41) is 8.66. The lowest BCUT2D eigenvalue weighted by Gasteiger charge is -2.23. The molecular weight excluding hydrogens is 244 g/mol. The van der Waals surface area contributed by atoms with Gasteiger partial charge in [-0.2, -0.15) is 0 Å². The van der Waals surface area contributed by atoms with E-state index in [0.717, 1.165) is 5.56 Å². The SMILES string of the molecule is CC(C)(C)c1ccc(N(CCC(=O)O)C(N)=O)cc1. The maximum atomic E-state index is 11.3. The molecule has 1 aromatic carbocycles. The topological polar surface area (TPSA) is 83.6 Å². The fourth-order valence-electron chi connectivity index (χ4n) is 1.72. The highest BCUT2D eigenvalue weighted by atomic mass is 16.4. The lowest BCUT2D eigenvalue weighted by molar-refractivity contribution is -0.136. The van der Waals surface area contributed by atoms with Crippen LogP contribution in [0.3, 0.4) is 0 Å². The number of primary amides is 1. The molecule has 0 bridgehead atoms. The Labute approximate surface area is 113 Å². The van der Waals surface area contributed by atoms with E-state index >= 15 is 0 Å². The predicted molar refractivity (Wildman–Crippen MR) is 74.3 cm³/mol. The summed E-state index contributed by atoms with van der Waals surface area (Å²) in [6.45, 7) is 6.36. The van der Waals surface area contributed by atoms with Crippen molar-refractivity contribution in [2.45, 2.75) is 32.6 Å². The van der Waals surface area contributed by atoms with Gasteiger partial charge in [0.1, 0.15) is 0 Å². The molecule has 5 nitrogen and oxygen atoms in total. The summed E-state index contributed by atoms with van der Waals surface area (Å²) in [7, 11) is 0. The maximum absolute atomic E-state index is 11.3. The molecule has 0 aliphatic carbocycles. The second kappa shape index (κ2) is 5.73. The normalized spacial score (nSPS) is 11.1.